The molecular formula is C13H19ClN2O2S. The molecule has 0 saturated carbocycles. The van der Waals surface area contributed by atoms with Crippen molar-refractivity contribution < 1.29 is 8.42 Å². The number of nitrogens with zero attached hydrogens (tertiary/aromatic N) is 1. The molecule has 1 aromatic rings. The first-order valence-electron chi connectivity index (χ1n) is 6.55. The second-order valence-electron chi connectivity index (χ2n) is 4.75. The van der Waals surface area contributed by atoms with Gasteiger partial charge < -0.3 is 4.90 Å². The molecule has 1 N–H and O–H groups in total. The van der Waals surface area contributed by atoms with Crippen molar-refractivity contribution in [2.75, 3.05) is 26.2 Å². The van der Waals surface area contributed by atoms with E-state index in [4.69, 9.17) is 11.6 Å². The number of hydrogen-bond donors (Lipinski definition) is 1. The van der Waals surface area contributed by atoms with E-state index in [2.05, 4.69) is 9.62 Å². The fraction of sp³-hybridized carbons (Fsp3) is 0.538. The zero-order valence-electron chi connectivity index (χ0n) is 10.8. The Morgan fingerprint density at radius 1 is 1.11 bits per heavy atom. The molecule has 0 bridgehead atoms. The third-order valence-corrected chi connectivity index (χ3v) is 5.02. The number of piperidine rings is 1. The molecule has 0 atom stereocenters. The summed E-state index contributed by atoms with van der Waals surface area (Å²) in [5.74, 6) is 0. The van der Waals surface area contributed by atoms with E-state index in [9.17, 15) is 8.42 Å². The summed E-state index contributed by atoms with van der Waals surface area (Å²) >= 11 is 5.75. The number of benzene rings is 1. The molecule has 19 heavy (non-hydrogen) atoms. The minimum absolute atomic E-state index is 0.260. The van der Waals surface area contributed by atoms with Gasteiger partial charge in [0.15, 0.2) is 0 Å². The molecule has 1 saturated heterocycles. The number of halogens is 1. The third kappa shape index (κ3) is 4.45. The van der Waals surface area contributed by atoms with Crippen LogP contribution in [0.5, 0.6) is 0 Å². The summed E-state index contributed by atoms with van der Waals surface area (Å²) in [6, 6.07) is 6.21. The number of rotatable bonds is 5. The van der Waals surface area contributed by atoms with Crippen molar-refractivity contribution in [3.8, 4) is 0 Å². The number of sulfonamides is 1. The molecule has 0 spiro atoms. The van der Waals surface area contributed by atoms with Crippen molar-refractivity contribution in [3.05, 3.63) is 29.3 Å². The molecule has 106 valence electrons. The van der Waals surface area contributed by atoms with Gasteiger partial charge in [0.1, 0.15) is 0 Å². The Balaban J connectivity index is 1.85. The summed E-state index contributed by atoms with van der Waals surface area (Å²) < 4.78 is 26.7. The Kier molecular flexibility index (Phi) is 5.21. The van der Waals surface area contributed by atoms with Crippen molar-refractivity contribution in [3.63, 3.8) is 0 Å². The van der Waals surface area contributed by atoms with E-state index >= 15 is 0 Å². The van der Waals surface area contributed by atoms with E-state index in [1.807, 2.05) is 0 Å². The molecule has 1 fully saturated rings. The van der Waals surface area contributed by atoms with E-state index < -0.39 is 10.0 Å². The van der Waals surface area contributed by atoms with E-state index in [0.717, 1.165) is 19.6 Å². The maximum atomic E-state index is 12.0. The van der Waals surface area contributed by atoms with Crippen molar-refractivity contribution in [1.82, 2.24) is 9.62 Å². The molecule has 1 aromatic carbocycles. The molecule has 4 nitrogen and oxygen atoms in total. The Labute approximate surface area is 119 Å². The fourth-order valence-electron chi connectivity index (χ4n) is 2.22. The van der Waals surface area contributed by atoms with E-state index in [1.165, 1.54) is 31.4 Å². The van der Waals surface area contributed by atoms with Gasteiger partial charge in [-0.25, -0.2) is 13.1 Å². The average Bonchev–Trinajstić information content (AvgIpc) is 2.40. The van der Waals surface area contributed by atoms with Crippen LogP contribution in [-0.2, 0) is 10.0 Å². The number of nitrogens with one attached hydrogen (secondary N) is 1. The van der Waals surface area contributed by atoms with Crippen LogP contribution in [0, 0.1) is 0 Å². The molecule has 0 aliphatic carbocycles. The minimum atomic E-state index is -3.41. The van der Waals surface area contributed by atoms with Crippen LogP contribution in [0.3, 0.4) is 0 Å². The van der Waals surface area contributed by atoms with Gasteiger partial charge >= 0.3 is 0 Å². The Morgan fingerprint density at radius 3 is 2.37 bits per heavy atom. The van der Waals surface area contributed by atoms with Crippen LogP contribution in [0.25, 0.3) is 0 Å². The van der Waals surface area contributed by atoms with Crippen LogP contribution in [0.4, 0.5) is 0 Å². The second kappa shape index (κ2) is 6.70. The number of likely N-dealkylation sites (tertiary alicyclic amines) is 1. The molecule has 1 heterocycles. The molecule has 2 rings (SSSR count). The standard InChI is InChI=1S/C13H19ClN2O2S/c14-12-4-6-13(7-5-12)19(17,18)15-8-11-16-9-2-1-3-10-16/h4-7,15H,1-3,8-11H2. The molecule has 0 aromatic heterocycles. The maximum Gasteiger partial charge on any atom is 0.240 e. The average molecular weight is 303 g/mol. The van der Waals surface area contributed by atoms with Gasteiger partial charge in [-0.2, -0.15) is 0 Å². The maximum absolute atomic E-state index is 12.0. The van der Waals surface area contributed by atoms with E-state index in [-0.39, 0.29) is 4.90 Å². The van der Waals surface area contributed by atoms with Crippen molar-refractivity contribution in [2.45, 2.75) is 24.2 Å². The Bertz CT molecular complexity index is 496. The molecule has 0 unspecified atom stereocenters. The van der Waals surface area contributed by atoms with E-state index in [0.29, 0.717) is 11.6 Å². The first-order valence-corrected chi connectivity index (χ1v) is 8.42. The summed E-state index contributed by atoms with van der Waals surface area (Å²) in [4.78, 5) is 2.56. The molecule has 6 heteroatoms. The SMILES string of the molecule is O=S(=O)(NCCN1CCCCC1)c1ccc(Cl)cc1. The van der Waals surface area contributed by atoms with Crippen molar-refractivity contribution in [2.24, 2.45) is 0 Å². The zero-order valence-corrected chi connectivity index (χ0v) is 12.4. The third-order valence-electron chi connectivity index (χ3n) is 3.29. The van der Waals surface area contributed by atoms with Gasteiger partial charge in [0.25, 0.3) is 0 Å². The highest BCUT2D eigenvalue weighted by molar-refractivity contribution is 7.89. The van der Waals surface area contributed by atoms with Gasteiger partial charge in [-0.15, -0.1) is 0 Å². The highest BCUT2D eigenvalue weighted by atomic mass is 35.5. The Hall–Kier alpha value is -0.620. The molecule has 1 aliphatic rings. The van der Waals surface area contributed by atoms with Crippen LogP contribution >= 0.6 is 11.6 Å². The lowest BCUT2D eigenvalue weighted by molar-refractivity contribution is 0.233. The van der Waals surface area contributed by atoms with E-state index in [1.54, 1.807) is 12.1 Å². The van der Waals surface area contributed by atoms with Crippen molar-refractivity contribution in [1.29, 1.82) is 0 Å². The summed E-state index contributed by atoms with van der Waals surface area (Å²) in [5.41, 5.74) is 0. The highest BCUT2D eigenvalue weighted by Gasteiger charge is 2.15. The molecule has 1 aliphatic heterocycles. The predicted octanol–water partition coefficient (Wildman–Crippen LogP) is 2.10. The van der Waals surface area contributed by atoms with Crippen LogP contribution in [0.2, 0.25) is 5.02 Å². The summed E-state index contributed by atoms with van der Waals surface area (Å²) in [6.45, 7) is 3.36. The lowest BCUT2D eigenvalue weighted by Crippen LogP contribution is -2.37. The quantitative estimate of drug-likeness (QED) is 0.906. The molecule has 0 amide bonds. The lowest BCUT2D eigenvalue weighted by atomic mass is 10.1. The first-order chi connectivity index (χ1) is 9.08. The van der Waals surface area contributed by atoms with Gasteiger partial charge in [-0.3, -0.25) is 0 Å². The topological polar surface area (TPSA) is 49.4 Å². The van der Waals surface area contributed by atoms with Gasteiger partial charge in [-0.1, -0.05) is 18.0 Å². The van der Waals surface area contributed by atoms with Crippen LogP contribution < -0.4 is 4.72 Å². The number of hydrogen-bond acceptors (Lipinski definition) is 3. The zero-order chi connectivity index (χ0) is 13.7. The summed E-state index contributed by atoms with van der Waals surface area (Å²) in [6.07, 6.45) is 3.71. The summed E-state index contributed by atoms with van der Waals surface area (Å²) in [5, 5.41) is 0.535. The van der Waals surface area contributed by atoms with Gasteiger partial charge in [-0.05, 0) is 50.2 Å². The first kappa shape index (κ1) is 14.8. The van der Waals surface area contributed by atoms with Crippen LogP contribution in [-0.4, -0.2) is 39.5 Å². The largest absolute Gasteiger partial charge is 0.302 e. The fourth-order valence-corrected chi connectivity index (χ4v) is 3.37. The van der Waals surface area contributed by atoms with Crippen molar-refractivity contribution >= 4 is 21.6 Å². The molecule has 0 radical (unpaired) electrons. The van der Waals surface area contributed by atoms with Gasteiger partial charge in [0, 0.05) is 18.1 Å². The van der Waals surface area contributed by atoms with Gasteiger partial charge in [0.05, 0.1) is 4.90 Å². The molecular weight excluding hydrogens is 284 g/mol. The van der Waals surface area contributed by atoms with Crippen LogP contribution in [0.1, 0.15) is 19.3 Å². The van der Waals surface area contributed by atoms with Crippen LogP contribution in [0.15, 0.2) is 29.2 Å². The second-order valence-corrected chi connectivity index (χ2v) is 6.96. The monoisotopic (exact) mass is 302 g/mol. The minimum Gasteiger partial charge on any atom is -0.302 e. The Morgan fingerprint density at radius 2 is 1.74 bits per heavy atom. The lowest BCUT2D eigenvalue weighted by Gasteiger charge is -2.26. The smallest absolute Gasteiger partial charge is 0.240 e. The summed E-state index contributed by atoms with van der Waals surface area (Å²) in [7, 11) is -3.41. The van der Waals surface area contributed by atoms with Gasteiger partial charge in [0.2, 0.25) is 10.0 Å². The normalized spacial score (nSPS) is 17.5. The predicted molar refractivity (Wildman–Crippen MR) is 76.9 cm³/mol. The highest BCUT2D eigenvalue weighted by Crippen LogP contribution is 2.13.